The van der Waals surface area contributed by atoms with E-state index >= 15 is 0 Å². The predicted octanol–water partition coefficient (Wildman–Crippen LogP) is 6.95. The second-order valence-electron chi connectivity index (χ2n) is 7.48. The van der Waals surface area contributed by atoms with Gasteiger partial charge in [0.25, 0.3) is 0 Å². The van der Waals surface area contributed by atoms with Crippen molar-refractivity contribution in [3.05, 3.63) is 64.6 Å². The molecule has 0 amide bonds. The molecule has 1 heterocycles. The Balaban J connectivity index is 1.76. The molecule has 30 heavy (non-hydrogen) atoms. The fourth-order valence-corrected chi connectivity index (χ4v) is 4.54. The predicted molar refractivity (Wildman–Crippen MR) is 125 cm³/mol. The highest BCUT2D eigenvalue weighted by atomic mass is 79.9. The van der Waals surface area contributed by atoms with Gasteiger partial charge in [0, 0.05) is 16.6 Å². The average molecular weight is 466 g/mol. The van der Waals surface area contributed by atoms with Crippen LogP contribution in [0.2, 0.25) is 0 Å². The number of nitrogens with one attached hydrogen (secondary N) is 1. The number of H-pyrrole nitrogens is 1. The standard InChI is InChI=1S/C25H24BrNO3/c1-2-3-4-8-20-19-7-5-6-9-21(19)27-25(20)17-10-12-18-16(14-17)11-13-22(24(18)26)30-15-23(28)29/h5-7,9-14,27H,2-4,8,15H2,1H3,(H,28,29). The smallest absolute Gasteiger partial charge is 0.341 e. The molecule has 4 nitrogen and oxygen atoms in total. The molecule has 0 aliphatic carbocycles. The number of aromatic nitrogens is 1. The maximum atomic E-state index is 10.8. The molecule has 0 aliphatic heterocycles. The first-order valence-corrected chi connectivity index (χ1v) is 11.0. The lowest BCUT2D eigenvalue weighted by molar-refractivity contribution is -0.139. The summed E-state index contributed by atoms with van der Waals surface area (Å²) in [4.78, 5) is 14.4. The first kappa shape index (κ1) is 20.5. The van der Waals surface area contributed by atoms with Crippen LogP contribution in [0.5, 0.6) is 5.75 Å². The molecule has 0 saturated carbocycles. The third-order valence-corrected chi connectivity index (χ3v) is 6.22. The summed E-state index contributed by atoms with van der Waals surface area (Å²) >= 11 is 3.57. The van der Waals surface area contributed by atoms with Crippen molar-refractivity contribution in [2.24, 2.45) is 0 Å². The second-order valence-corrected chi connectivity index (χ2v) is 8.27. The summed E-state index contributed by atoms with van der Waals surface area (Å²) in [5, 5.41) is 12.2. The summed E-state index contributed by atoms with van der Waals surface area (Å²) in [6.07, 6.45) is 4.66. The summed E-state index contributed by atoms with van der Waals surface area (Å²) in [6, 6.07) is 18.6. The van der Waals surface area contributed by atoms with Crippen molar-refractivity contribution in [2.45, 2.75) is 32.6 Å². The third kappa shape index (κ3) is 4.08. The van der Waals surface area contributed by atoms with E-state index in [1.807, 2.05) is 12.1 Å². The molecule has 5 heteroatoms. The van der Waals surface area contributed by atoms with Gasteiger partial charge in [-0.05, 0) is 68.9 Å². The number of ether oxygens (including phenoxy) is 1. The third-order valence-electron chi connectivity index (χ3n) is 5.40. The Kier molecular flexibility index (Phi) is 6.09. The number of aryl methyl sites for hydroxylation is 1. The van der Waals surface area contributed by atoms with Crippen molar-refractivity contribution in [3.8, 4) is 17.0 Å². The van der Waals surface area contributed by atoms with Gasteiger partial charge in [-0.2, -0.15) is 0 Å². The van der Waals surface area contributed by atoms with E-state index in [2.05, 4.69) is 70.3 Å². The number of carboxylic acid groups (broad SMARTS) is 1. The van der Waals surface area contributed by atoms with Crippen LogP contribution >= 0.6 is 15.9 Å². The summed E-state index contributed by atoms with van der Waals surface area (Å²) in [6.45, 7) is 1.87. The largest absolute Gasteiger partial charge is 0.481 e. The monoisotopic (exact) mass is 465 g/mol. The Bertz CT molecular complexity index is 1210. The molecule has 4 rings (SSSR count). The average Bonchev–Trinajstić information content (AvgIpc) is 3.12. The lowest BCUT2D eigenvalue weighted by Crippen LogP contribution is -2.09. The molecule has 3 aromatic carbocycles. The topological polar surface area (TPSA) is 62.3 Å². The van der Waals surface area contributed by atoms with Crippen molar-refractivity contribution in [1.29, 1.82) is 0 Å². The van der Waals surface area contributed by atoms with Crippen molar-refractivity contribution >= 4 is 43.6 Å². The summed E-state index contributed by atoms with van der Waals surface area (Å²) < 4.78 is 6.15. The van der Waals surface area contributed by atoms with Gasteiger partial charge in [-0.25, -0.2) is 4.79 Å². The zero-order valence-corrected chi connectivity index (χ0v) is 18.5. The lowest BCUT2D eigenvalue weighted by Gasteiger charge is -2.11. The molecule has 0 atom stereocenters. The Labute approximate surface area is 184 Å². The molecule has 0 radical (unpaired) electrons. The minimum atomic E-state index is -0.994. The van der Waals surface area contributed by atoms with E-state index in [9.17, 15) is 4.79 Å². The molecule has 2 N–H and O–H groups in total. The van der Waals surface area contributed by atoms with Crippen LogP contribution in [-0.4, -0.2) is 22.7 Å². The molecule has 4 aromatic rings. The van der Waals surface area contributed by atoms with Crippen LogP contribution in [-0.2, 0) is 11.2 Å². The van der Waals surface area contributed by atoms with E-state index in [1.54, 1.807) is 0 Å². The Morgan fingerprint density at radius 3 is 2.70 bits per heavy atom. The fraction of sp³-hybridized carbons (Fsp3) is 0.240. The van der Waals surface area contributed by atoms with Gasteiger partial charge in [0.2, 0.25) is 0 Å². The first-order valence-electron chi connectivity index (χ1n) is 10.2. The highest BCUT2D eigenvalue weighted by molar-refractivity contribution is 9.10. The minimum Gasteiger partial charge on any atom is -0.481 e. The molecule has 0 fully saturated rings. The van der Waals surface area contributed by atoms with Gasteiger partial charge in [-0.3, -0.25) is 0 Å². The van der Waals surface area contributed by atoms with Crippen LogP contribution in [0.25, 0.3) is 32.9 Å². The zero-order valence-electron chi connectivity index (χ0n) is 16.9. The van der Waals surface area contributed by atoms with E-state index in [1.165, 1.54) is 35.9 Å². The van der Waals surface area contributed by atoms with Crippen LogP contribution in [0.15, 0.2) is 59.1 Å². The number of carboxylic acids is 1. The van der Waals surface area contributed by atoms with Crippen LogP contribution in [0, 0.1) is 0 Å². The van der Waals surface area contributed by atoms with Crippen molar-refractivity contribution in [3.63, 3.8) is 0 Å². The zero-order chi connectivity index (χ0) is 21.1. The van der Waals surface area contributed by atoms with E-state index < -0.39 is 5.97 Å². The molecule has 1 aromatic heterocycles. The Morgan fingerprint density at radius 1 is 1.07 bits per heavy atom. The molecule has 0 saturated heterocycles. The number of hydrogen-bond donors (Lipinski definition) is 2. The summed E-state index contributed by atoms with van der Waals surface area (Å²) in [7, 11) is 0. The quantitative estimate of drug-likeness (QED) is 0.276. The summed E-state index contributed by atoms with van der Waals surface area (Å²) in [5.41, 5.74) is 4.87. The van der Waals surface area contributed by atoms with E-state index in [-0.39, 0.29) is 6.61 Å². The summed E-state index contributed by atoms with van der Waals surface area (Å²) in [5.74, 6) is -0.463. The molecule has 0 bridgehead atoms. The SMILES string of the molecule is CCCCCc1c(-c2ccc3c(Br)c(OCC(=O)O)ccc3c2)[nH]c2ccccc12. The molecular weight excluding hydrogens is 442 g/mol. The highest BCUT2D eigenvalue weighted by Gasteiger charge is 2.14. The van der Waals surface area contributed by atoms with Gasteiger partial charge in [0.05, 0.1) is 4.47 Å². The Morgan fingerprint density at radius 2 is 1.90 bits per heavy atom. The van der Waals surface area contributed by atoms with Crippen LogP contribution in [0.1, 0.15) is 31.7 Å². The molecule has 0 spiro atoms. The van der Waals surface area contributed by atoms with Crippen LogP contribution < -0.4 is 4.74 Å². The van der Waals surface area contributed by atoms with Crippen molar-refractivity contribution < 1.29 is 14.6 Å². The number of carbonyl (C=O) groups is 1. The molecular formula is C25H24BrNO3. The Hall–Kier alpha value is -2.79. The molecule has 0 unspecified atom stereocenters. The number of para-hydroxylation sites is 1. The van der Waals surface area contributed by atoms with Gasteiger partial charge in [-0.15, -0.1) is 0 Å². The van der Waals surface area contributed by atoms with E-state index in [0.717, 1.165) is 32.7 Å². The first-order chi connectivity index (χ1) is 14.6. The van der Waals surface area contributed by atoms with Gasteiger partial charge in [-0.1, -0.05) is 56.2 Å². The van der Waals surface area contributed by atoms with Gasteiger partial charge in [0.15, 0.2) is 6.61 Å². The number of halogens is 1. The number of hydrogen-bond acceptors (Lipinski definition) is 2. The van der Waals surface area contributed by atoms with Crippen LogP contribution in [0.3, 0.4) is 0 Å². The second kappa shape index (κ2) is 8.92. The number of aromatic amines is 1. The lowest BCUT2D eigenvalue weighted by atomic mass is 9.98. The number of aliphatic carboxylic acids is 1. The number of rotatable bonds is 8. The maximum Gasteiger partial charge on any atom is 0.341 e. The minimum absolute atomic E-state index is 0.363. The number of unbranched alkanes of at least 4 members (excludes halogenated alkanes) is 2. The van der Waals surface area contributed by atoms with E-state index in [4.69, 9.17) is 9.84 Å². The fourth-order valence-electron chi connectivity index (χ4n) is 3.94. The van der Waals surface area contributed by atoms with Gasteiger partial charge >= 0.3 is 5.97 Å². The number of benzene rings is 3. The van der Waals surface area contributed by atoms with Gasteiger partial charge < -0.3 is 14.8 Å². The van der Waals surface area contributed by atoms with Crippen molar-refractivity contribution in [1.82, 2.24) is 4.98 Å². The van der Waals surface area contributed by atoms with Crippen molar-refractivity contribution in [2.75, 3.05) is 6.61 Å². The van der Waals surface area contributed by atoms with E-state index in [0.29, 0.717) is 5.75 Å². The molecule has 154 valence electrons. The number of fused-ring (bicyclic) bond motifs is 2. The van der Waals surface area contributed by atoms with Crippen LogP contribution in [0.4, 0.5) is 0 Å². The normalized spacial score (nSPS) is 11.3. The maximum absolute atomic E-state index is 10.8. The highest BCUT2D eigenvalue weighted by Crippen LogP contribution is 2.37. The molecule has 0 aliphatic rings. The van der Waals surface area contributed by atoms with Gasteiger partial charge in [0.1, 0.15) is 5.75 Å².